The van der Waals surface area contributed by atoms with E-state index in [1.54, 1.807) is 0 Å². The Labute approximate surface area is 523 Å². The van der Waals surface area contributed by atoms with Gasteiger partial charge in [0.15, 0.2) is 22.8 Å². The first-order chi connectivity index (χ1) is 41.9. The van der Waals surface area contributed by atoms with Crippen LogP contribution in [-0.4, -0.2) is 114 Å². The summed E-state index contributed by atoms with van der Waals surface area (Å²) in [5.41, 5.74) is 4.07. The number of allylic oxidation sites excluding steroid dienone is 10. The Morgan fingerprint density at radius 3 is 1.82 bits per heavy atom. The van der Waals surface area contributed by atoms with Crippen molar-refractivity contribution in [3.63, 3.8) is 0 Å². The van der Waals surface area contributed by atoms with Crippen molar-refractivity contribution >= 4 is 69.1 Å². The highest BCUT2D eigenvalue weighted by atomic mass is 32.2. The second kappa shape index (κ2) is 43.9. The van der Waals surface area contributed by atoms with E-state index in [0.717, 1.165) is 80.4 Å². The van der Waals surface area contributed by atoms with Crippen LogP contribution in [0.2, 0.25) is 0 Å². The number of thioether (sulfide) groups is 1. The molecule has 0 bridgehead atoms. The average Bonchev–Trinajstić information content (AvgIpc) is 2.62. The van der Waals surface area contributed by atoms with E-state index >= 15 is 0 Å². The van der Waals surface area contributed by atoms with Gasteiger partial charge in [0.05, 0.1) is 33.5 Å². The Morgan fingerprint density at radius 2 is 1.26 bits per heavy atom. The number of nitrogens with one attached hydrogen (secondary N) is 2. The van der Waals surface area contributed by atoms with Gasteiger partial charge < -0.3 is 74.1 Å². The molecular weight excluding hydrogens is 1220 g/mol. The average molecular weight is 1320 g/mol. The smallest absolute Gasteiger partial charge is 0.274 e. The minimum Gasteiger partial charge on any atom is -0.790 e. The van der Waals surface area contributed by atoms with Gasteiger partial charge in [0.25, 0.3) is 15.6 Å². The Bertz CT molecular complexity index is 2640. The van der Waals surface area contributed by atoms with Crippen molar-refractivity contribution < 1.29 is 85.6 Å². The first-order valence-corrected chi connectivity index (χ1v) is 36.2. The van der Waals surface area contributed by atoms with Crippen LogP contribution in [0.3, 0.4) is 0 Å². The number of carbonyl (C=O) groups is 3. The number of nitrogen functional groups attached to an aromatic ring is 1. The van der Waals surface area contributed by atoms with Crippen LogP contribution in [0.25, 0.3) is 11.2 Å². The largest absolute Gasteiger partial charge is 0.790 e. The number of aliphatic hydroxyl groups excluding tert-OH is 3. The van der Waals surface area contributed by atoms with E-state index in [0.29, 0.717) is 6.42 Å². The number of fused-ring (bicyclic) bond motifs is 1. The summed E-state index contributed by atoms with van der Waals surface area (Å²) in [4.78, 5) is 97.4. The standard InChI is InChI=1S/C59H100N7O18P3S/c1-4-5-6-7-8-9-10-11-12-13-14-15-16-17-18-19-20-21-22-23-24-25-26-27-28-29-30-31-32-33-34-35-36-37-47(67)42-50(69)88-41-40-61-49(68)38-39-62-57(72)54(71)59(2,3)44-81-87(78,79)84-86(76,77)80-43-48-53(83-85(73,74)75)52(70)58(82-48)66-46-65-51-55(60)63-45-64-56(51)66/h5-6,8-9,11-12,14-15,17-18,45-48,52-54,58,67,70-71H,4,7,10,13,16,19-44H2,1-3H3,(H,61,68)(H,62,72)(H,76,77)(H,78,79)(H2,60,63,64)(H2,73,74,75)/p-4/b6-5-,9-8-,12-11-,15-14-,18-17-/t47-,48-,52-,53-,54+,58-/m1/s1. The predicted molar refractivity (Wildman–Crippen MR) is 331 cm³/mol. The van der Waals surface area contributed by atoms with Gasteiger partial charge >= 0.3 is 0 Å². The molecule has 1 fully saturated rings. The highest BCUT2D eigenvalue weighted by Crippen LogP contribution is 2.56. The van der Waals surface area contributed by atoms with E-state index in [1.165, 1.54) is 110 Å². The van der Waals surface area contributed by atoms with Gasteiger partial charge in [0, 0.05) is 37.1 Å². The lowest BCUT2D eigenvalue weighted by Crippen LogP contribution is -2.46. The number of anilines is 1. The van der Waals surface area contributed by atoms with Gasteiger partial charge in [0.2, 0.25) is 11.8 Å². The number of hydrogen-bond donors (Lipinski definition) is 6. The molecule has 3 rings (SSSR count). The molecule has 29 heteroatoms. The zero-order valence-corrected chi connectivity index (χ0v) is 54.9. The maximum absolute atomic E-state index is 12.7. The molecule has 0 spiro atoms. The molecule has 25 nitrogen and oxygen atoms in total. The van der Waals surface area contributed by atoms with Crippen LogP contribution < -0.4 is 35.9 Å². The fourth-order valence-corrected chi connectivity index (χ4v) is 12.8. The SMILES string of the molecule is CC/C=C\C/C=C\C/C=C\C/C=C\C/C=C\CCCCCCCCCCCCCCCCCCC[C@@H](O)CC(=O)SCCNC(=O)CCNC(=O)[C@H](O)C(C)(C)COP(=O)([O-])OP(=O)([O-])OC[C@H]1O[C@@H](n2cnc3c(N)ncnc32)[C@H](O)[C@@H]1OP(=O)([O-])[O-]. The third-order valence-corrected chi connectivity index (χ3v) is 18.1. The molecular formula is C59H96N7O18P3S-4. The number of nitrogens with zero attached hydrogens (tertiary/aromatic N) is 4. The maximum atomic E-state index is 12.7. The minimum absolute atomic E-state index is 0.0119. The topological polar surface area (TPSA) is 395 Å². The van der Waals surface area contributed by atoms with Crippen LogP contribution in [0.1, 0.15) is 194 Å². The van der Waals surface area contributed by atoms with Crippen LogP contribution in [0.15, 0.2) is 73.4 Å². The number of rotatable bonds is 50. The Kier molecular flexibility index (Phi) is 39.1. The molecule has 0 aromatic carbocycles. The molecule has 0 radical (unpaired) electrons. The van der Waals surface area contributed by atoms with Gasteiger partial charge in [0.1, 0.15) is 36.3 Å². The number of nitrogens with two attached hydrogens (primary N) is 1. The van der Waals surface area contributed by atoms with Crippen LogP contribution >= 0.6 is 35.2 Å². The number of hydrogen-bond acceptors (Lipinski definition) is 23. The summed E-state index contributed by atoms with van der Waals surface area (Å²) in [6.45, 7) is 2.16. The number of ether oxygens (including phenoxy) is 1. The van der Waals surface area contributed by atoms with Gasteiger partial charge in [-0.3, -0.25) is 28.1 Å². The number of aliphatic hydroxyl groups is 3. The van der Waals surface area contributed by atoms with Gasteiger partial charge in [-0.25, -0.2) is 19.3 Å². The molecule has 0 aliphatic carbocycles. The molecule has 3 heterocycles. The van der Waals surface area contributed by atoms with Crippen molar-refractivity contribution in [2.75, 3.05) is 37.8 Å². The Hall–Kier alpha value is -3.78. The van der Waals surface area contributed by atoms with E-state index in [-0.39, 0.29) is 53.8 Å². The summed E-state index contributed by atoms with van der Waals surface area (Å²) in [6, 6.07) is 0. The summed E-state index contributed by atoms with van der Waals surface area (Å²) < 4.78 is 61.0. The highest BCUT2D eigenvalue weighted by molar-refractivity contribution is 8.13. The van der Waals surface area contributed by atoms with Crippen molar-refractivity contribution in [1.82, 2.24) is 30.2 Å². The zero-order chi connectivity index (χ0) is 64.7. The molecule has 0 saturated carbocycles. The summed E-state index contributed by atoms with van der Waals surface area (Å²) >= 11 is 0.993. The number of amides is 2. The van der Waals surface area contributed by atoms with Crippen LogP contribution in [0.5, 0.6) is 0 Å². The van der Waals surface area contributed by atoms with E-state index in [9.17, 15) is 63.0 Å². The number of carbonyl (C=O) groups excluding carboxylic acids is 3. The Balaban J connectivity index is 1.13. The van der Waals surface area contributed by atoms with E-state index in [1.807, 2.05) is 0 Å². The zero-order valence-electron chi connectivity index (χ0n) is 51.4. The number of imidazole rings is 1. The van der Waals surface area contributed by atoms with Crippen LogP contribution in [0.4, 0.5) is 5.82 Å². The predicted octanol–water partition coefficient (Wildman–Crippen LogP) is 8.05. The first-order valence-electron chi connectivity index (χ1n) is 30.9. The fraction of sp³-hybridized carbons (Fsp3) is 0.695. The molecule has 2 aromatic rings. The molecule has 8 atom stereocenters. The van der Waals surface area contributed by atoms with Gasteiger partial charge in [-0.1, -0.05) is 196 Å². The van der Waals surface area contributed by atoms with Crippen molar-refractivity contribution in [1.29, 1.82) is 0 Å². The van der Waals surface area contributed by atoms with E-state index in [2.05, 4.69) is 111 Å². The summed E-state index contributed by atoms with van der Waals surface area (Å²) in [5.74, 6) is -1.33. The van der Waals surface area contributed by atoms with Crippen molar-refractivity contribution in [3.05, 3.63) is 73.4 Å². The quantitative estimate of drug-likeness (QED) is 0.0207. The van der Waals surface area contributed by atoms with Gasteiger partial charge in [-0.05, 0) is 51.4 Å². The van der Waals surface area contributed by atoms with Crippen LogP contribution in [-0.2, 0) is 50.7 Å². The fourth-order valence-electron chi connectivity index (χ4n) is 9.29. The summed E-state index contributed by atoms with van der Waals surface area (Å²) in [5, 5.41) is 36.7. The lowest BCUT2D eigenvalue weighted by atomic mass is 9.87. The third kappa shape index (κ3) is 34.6. The maximum Gasteiger partial charge on any atom is 0.274 e. The second-order valence-corrected chi connectivity index (χ2v) is 27.6. The summed E-state index contributed by atoms with van der Waals surface area (Å²) in [7, 11) is -17.7. The number of unbranched alkanes of at least 4 members (excludes halogenated alkanes) is 17. The number of phosphoric acid groups is 3. The molecule has 88 heavy (non-hydrogen) atoms. The monoisotopic (exact) mass is 1320 g/mol. The molecule has 2 unspecified atom stereocenters. The Morgan fingerprint density at radius 1 is 0.739 bits per heavy atom. The lowest BCUT2D eigenvalue weighted by Gasteiger charge is -2.36. The molecule has 2 amide bonds. The van der Waals surface area contributed by atoms with Gasteiger partial charge in [-0.2, -0.15) is 0 Å². The number of aromatic nitrogens is 4. The van der Waals surface area contributed by atoms with Crippen molar-refractivity contribution in [2.24, 2.45) is 5.41 Å². The number of phosphoric ester groups is 3. The second-order valence-electron chi connectivity index (χ2n) is 22.4. The van der Waals surface area contributed by atoms with Gasteiger partial charge in [-0.15, -0.1) is 0 Å². The molecule has 1 saturated heterocycles. The normalized spacial score (nSPS) is 19.0. The molecule has 500 valence electrons. The lowest BCUT2D eigenvalue weighted by molar-refractivity contribution is -0.347. The summed E-state index contributed by atoms with van der Waals surface area (Å²) in [6.07, 6.45) is 42.1. The van der Waals surface area contributed by atoms with Crippen molar-refractivity contribution in [3.8, 4) is 0 Å². The van der Waals surface area contributed by atoms with E-state index < -0.39 is 90.7 Å². The molecule has 1 aliphatic heterocycles. The highest BCUT2D eigenvalue weighted by Gasteiger charge is 2.47. The molecule has 1 aliphatic rings. The van der Waals surface area contributed by atoms with Crippen molar-refractivity contribution in [2.45, 2.75) is 224 Å². The molecule has 7 N–H and O–H groups in total. The molecule has 2 aromatic heterocycles. The van der Waals surface area contributed by atoms with Crippen LogP contribution in [0, 0.1) is 5.41 Å². The van der Waals surface area contributed by atoms with E-state index in [4.69, 9.17) is 10.5 Å². The minimum atomic E-state index is -5.94. The first kappa shape index (κ1) is 78.5. The third-order valence-electron chi connectivity index (χ3n) is 14.2.